The number of nitro benzene ring substituents is 1. The quantitative estimate of drug-likeness (QED) is 0.601. The van der Waals surface area contributed by atoms with Crippen LogP contribution in [0.3, 0.4) is 0 Å². The van der Waals surface area contributed by atoms with Crippen LogP contribution < -0.4 is 9.47 Å². The van der Waals surface area contributed by atoms with Crippen LogP contribution in [0.2, 0.25) is 5.02 Å². The van der Waals surface area contributed by atoms with Crippen molar-refractivity contribution < 1.29 is 14.4 Å². The maximum atomic E-state index is 11.1. The molecule has 21 heavy (non-hydrogen) atoms. The van der Waals surface area contributed by atoms with Gasteiger partial charge in [0, 0.05) is 11.1 Å². The van der Waals surface area contributed by atoms with E-state index in [0.717, 1.165) is 4.90 Å². The van der Waals surface area contributed by atoms with E-state index in [2.05, 4.69) is 0 Å². The van der Waals surface area contributed by atoms with Gasteiger partial charge in [0.05, 0.1) is 28.9 Å². The number of hydrogen-bond donors (Lipinski definition) is 0. The Labute approximate surface area is 131 Å². The molecule has 7 heteroatoms. The van der Waals surface area contributed by atoms with Gasteiger partial charge in [-0.25, -0.2) is 0 Å². The molecule has 0 aromatic heterocycles. The monoisotopic (exact) mass is 325 g/mol. The van der Waals surface area contributed by atoms with Crippen LogP contribution in [0.25, 0.3) is 0 Å². The Balaban J connectivity index is 2.44. The molecule has 2 aromatic carbocycles. The van der Waals surface area contributed by atoms with Gasteiger partial charge in [0.1, 0.15) is 11.5 Å². The van der Waals surface area contributed by atoms with E-state index < -0.39 is 4.92 Å². The number of rotatable bonds is 5. The Morgan fingerprint density at radius 2 is 1.86 bits per heavy atom. The Bertz CT molecular complexity index is 678. The molecule has 0 atom stereocenters. The van der Waals surface area contributed by atoms with Gasteiger partial charge in [0.2, 0.25) is 0 Å². The number of methoxy groups -OCH3 is 2. The first-order valence-electron chi connectivity index (χ1n) is 5.89. The third-order valence-corrected chi connectivity index (χ3v) is 4.05. The lowest BCUT2D eigenvalue weighted by molar-refractivity contribution is -0.387. The lowest BCUT2D eigenvalue weighted by atomic mass is 10.3. The van der Waals surface area contributed by atoms with E-state index in [0.29, 0.717) is 21.4 Å². The highest BCUT2D eigenvalue weighted by molar-refractivity contribution is 7.99. The maximum Gasteiger partial charge on any atom is 0.284 e. The minimum absolute atomic E-state index is 0.0441. The van der Waals surface area contributed by atoms with E-state index in [1.165, 1.54) is 17.8 Å². The second kappa shape index (κ2) is 6.69. The number of benzene rings is 2. The summed E-state index contributed by atoms with van der Waals surface area (Å²) in [5.41, 5.74) is -0.0441. The van der Waals surface area contributed by atoms with Crippen molar-refractivity contribution >= 4 is 29.1 Å². The van der Waals surface area contributed by atoms with Crippen LogP contribution in [0.5, 0.6) is 11.5 Å². The Morgan fingerprint density at radius 1 is 1.10 bits per heavy atom. The van der Waals surface area contributed by atoms with E-state index in [1.54, 1.807) is 44.6 Å². The zero-order chi connectivity index (χ0) is 15.4. The van der Waals surface area contributed by atoms with Gasteiger partial charge in [-0.3, -0.25) is 10.1 Å². The summed E-state index contributed by atoms with van der Waals surface area (Å²) in [5, 5.41) is 11.4. The Hall–Kier alpha value is -1.92. The van der Waals surface area contributed by atoms with Gasteiger partial charge in [0.15, 0.2) is 0 Å². The molecule has 0 aliphatic heterocycles. The summed E-state index contributed by atoms with van der Waals surface area (Å²) in [7, 11) is 3.10. The molecule has 0 saturated heterocycles. The van der Waals surface area contributed by atoms with E-state index in [-0.39, 0.29) is 5.69 Å². The molecule has 110 valence electrons. The number of hydrogen-bond acceptors (Lipinski definition) is 5. The zero-order valence-corrected chi connectivity index (χ0v) is 12.9. The number of nitrogens with zero attached hydrogens (tertiary/aromatic N) is 1. The summed E-state index contributed by atoms with van der Waals surface area (Å²) >= 11 is 7.04. The van der Waals surface area contributed by atoms with Crippen molar-refractivity contribution in [1.29, 1.82) is 0 Å². The van der Waals surface area contributed by atoms with Crippen LogP contribution in [0.1, 0.15) is 0 Å². The van der Waals surface area contributed by atoms with Crippen LogP contribution in [-0.2, 0) is 0 Å². The van der Waals surface area contributed by atoms with Gasteiger partial charge in [-0.15, -0.1) is 0 Å². The minimum Gasteiger partial charge on any atom is -0.497 e. The average Bonchev–Trinajstić information content (AvgIpc) is 2.48. The van der Waals surface area contributed by atoms with E-state index in [4.69, 9.17) is 21.1 Å². The van der Waals surface area contributed by atoms with E-state index in [1.807, 2.05) is 0 Å². The first-order valence-corrected chi connectivity index (χ1v) is 7.08. The molecule has 0 unspecified atom stereocenters. The normalized spacial score (nSPS) is 10.2. The topological polar surface area (TPSA) is 61.6 Å². The molecule has 0 radical (unpaired) electrons. The van der Waals surface area contributed by atoms with Crippen LogP contribution in [-0.4, -0.2) is 19.1 Å². The first-order chi connectivity index (χ1) is 10.0. The molecule has 0 aliphatic rings. The molecule has 0 fully saturated rings. The zero-order valence-electron chi connectivity index (χ0n) is 11.3. The van der Waals surface area contributed by atoms with Gasteiger partial charge < -0.3 is 9.47 Å². The lowest BCUT2D eigenvalue weighted by Gasteiger charge is -2.10. The van der Waals surface area contributed by atoms with Gasteiger partial charge in [-0.2, -0.15) is 0 Å². The van der Waals surface area contributed by atoms with Gasteiger partial charge >= 0.3 is 0 Å². The molecule has 0 heterocycles. The highest BCUT2D eigenvalue weighted by atomic mass is 35.5. The maximum absolute atomic E-state index is 11.1. The fraction of sp³-hybridized carbons (Fsp3) is 0.143. The summed E-state index contributed by atoms with van der Waals surface area (Å²) in [6, 6.07) is 9.84. The molecule has 2 aromatic rings. The molecule has 5 nitrogen and oxygen atoms in total. The summed E-state index contributed by atoms with van der Waals surface area (Å²) in [4.78, 5) is 11.9. The van der Waals surface area contributed by atoms with E-state index >= 15 is 0 Å². The summed E-state index contributed by atoms with van der Waals surface area (Å²) in [6.07, 6.45) is 0. The van der Waals surface area contributed by atoms with Crippen molar-refractivity contribution in [2.45, 2.75) is 9.79 Å². The first kappa shape index (κ1) is 15.5. The molecule has 0 bridgehead atoms. The van der Waals surface area contributed by atoms with E-state index in [9.17, 15) is 10.1 Å². The Kier molecular flexibility index (Phi) is 4.93. The second-order valence-electron chi connectivity index (χ2n) is 3.99. The Morgan fingerprint density at radius 3 is 2.48 bits per heavy atom. The predicted molar refractivity (Wildman–Crippen MR) is 81.8 cm³/mol. The smallest absolute Gasteiger partial charge is 0.284 e. The second-order valence-corrected chi connectivity index (χ2v) is 5.51. The largest absolute Gasteiger partial charge is 0.497 e. The number of halogens is 1. The van der Waals surface area contributed by atoms with Crippen LogP contribution in [0.4, 0.5) is 5.69 Å². The molecule has 0 amide bonds. The fourth-order valence-electron chi connectivity index (χ4n) is 1.70. The average molecular weight is 326 g/mol. The molecular formula is C14H12ClNO4S. The van der Waals surface area contributed by atoms with Crippen LogP contribution in [0.15, 0.2) is 46.2 Å². The standard InChI is InChI=1S/C14H12ClNO4S/c1-19-10-4-5-12(20-2)14(8-10)21-13-6-3-9(15)7-11(13)16(17)18/h3-8H,1-2H3. The van der Waals surface area contributed by atoms with Crippen LogP contribution >= 0.6 is 23.4 Å². The highest BCUT2D eigenvalue weighted by Crippen LogP contribution is 2.41. The minimum atomic E-state index is -0.457. The summed E-state index contributed by atoms with van der Waals surface area (Å²) in [6.45, 7) is 0. The predicted octanol–water partition coefficient (Wildman–Crippen LogP) is 4.42. The molecule has 2 rings (SSSR count). The van der Waals surface area contributed by atoms with Crippen molar-refractivity contribution in [3.63, 3.8) is 0 Å². The van der Waals surface area contributed by atoms with Crippen molar-refractivity contribution in [3.05, 3.63) is 51.5 Å². The van der Waals surface area contributed by atoms with Gasteiger partial charge in [0.25, 0.3) is 5.69 Å². The van der Waals surface area contributed by atoms with Crippen molar-refractivity contribution in [1.82, 2.24) is 0 Å². The van der Waals surface area contributed by atoms with Crippen molar-refractivity contribution in [3.8, 4) is 11.5 Å². The molecule has 0 spiro atoms. The molecule has 0 aliphatic carbocycles. The third-order valence-electron chi connectivity index (χ3n) is 2.71. The lowest BCUT2D eigenvalue weighted by Crippen LogP contribution is -1.92. The van der Waals surface area contributed by atoms with Gasteiger partial charge in [-0.1, -0.05) is 23.4 Å². The van der Waals surface area contributed by atoms with Crippen LogP contribution in [0, 0.1) is 10.1 Å². The van der Waals surface area contributed by atoms with Gasteiger partial charge in [-0.05, 0) is 30.3 Å². The summed E-state index contributed by atoms with van der Waals surface area (Å²) < 4.78 is 10.4. The summed E-state index contributed by atoms with van der Waals surface area (Å²) in [5.74, 6) is 1.26. The number of ether oxygens (including phenoxy) is 2. The SMILES string of the molecule is COc1ccc(OC)c(Sc2ccc(Cl)cc2[N+](=O)[O-])c1. The molecule has 0 saturated carbocycles. The fourth-order valence-corrected chi connectivity index (χ4v) is 2.91. The van der Waals surface area contributed by atoms with Crippen molar-refractivity contribution in [2.24, 2.45) is 0 Å². The molecular weight excluding hydrogens is 314 g/mol. The highest BCUT2D eigenvalue weighted by Gasteiger charge is 2.17. The molecule has 0 N–H and O–H groups in total. The number of nitro groups is 1. The van der Waals surface area contributed by atoms with Crippen molar-refractivity contribution in [2.75, 3.05) is 14.2 Å². The third kappa shape index (κ3) is 3.59.